The number of carbonyl (C=O) groups is 1. The molecule has 0 radical (unpaired) electrons. The second kappa shape index (κ2) is 9.43. The van der Waals surface area contributed by atoms with Crippen molar-refractivity contribution in [3.8, 4) is 5.75 Å². The van der Waals surface area contributed by atoms with E-state index in [2.05, 4.69) is 0 Å². The molecule has 35 heavy (non-hydrogen) atoms. The van der Waals surface area contributed by atoms with E-state index in [9.17, 15) is 23.5 Å². The number of amides is 1. The number of rotatable bonds is 6. The summed E-state index contributed by atoms with van der Waals surface area (Å²) < 4.78 is 34.1. The lowest BCUT2D eigenvalue weighted by atomic mass is 10.1. The molecule has 1 amide bonds. The molecule has 6 nitrogen and oxygen atoms in total. The highest BCUT2D eigenvalue weighted by Crippen LogP contribution is 2.27. The Morgan fingerprint density at radius 2 is 1.83 bits per heavy atom. The van der Waals surface area contributed by atoms with Gasteiger partial charge in [-0.1, -0.05) is 29.8 Å². The van der Waals surface area contributed by atoms with Crippen LogP contribution >= 0.6 is 11.6 Å². The molecular formula is C26H25ClF2N2O4. The predicted octanol–water partition coefficient (Wildman–Crippen LogP) is 4.33. The van der Waals surface area contributed by atoms with Crippen molar-refractivity contribution in [3.63, 3.8) is 0 Å². The van der Waals surface area contributed by atoms with Crippen LogP contribution in [-0.2, 0) is 31.0 Å². The van der Waals surface area contributed by atoms with Gasteiger partial charge in [-0.2, -0.15) is 0 Å². The smallest absolute Gasteiger partial charge is 0.273 e. The van der Waals surface area contributed by atoms with Gasteiger partial charge in [0.15, 0.2) is 0 Å². The molecule has 0 fully saturated rings. The normalized spacial score (nSPS) is 13.2. The molecule has 1 aliphatic rings. The summed E-state index contributed by atoms with van der Waals surface area (Å²) in [5.41, 5.74) is 1.62. The fourth-order valence-electron chi connectivity index (χ4n) is 4.07. The molecule has 2 aromatic carbocycles. The van der Waals surface area contributed by atoms with Crippen LogP contribution in [0, 0.1) is 18.6 Å². The second-order valence-corrected chi connectivity index (χ2v) is 9.58. The number of pyridine rings is 1. The molecule has 0 bridgehead atoms. The summed E-state index contributed by atoms with van der Waals surface area (Å²) in [6, 6.07) is 10.5. The third-order valence-electron chi connectivity index (χ3n) is 5.96. The van der Waals surface area contributed by atoms with Crippen molar-refractivity contribution in [2.75, 3.05) is 0 Å². The lowest BCUT2D eigenvalue weighted by Gasteiger charge is -2.24. The number of aromatic nitrogens is 1. The van der Waals surface area contributed by atoms with Gasteiger partial charge in [0.25, 0.3) is 11.5 Å². The van der Waals surface area contributed by atoms with Crippen molar-refractivity contribution in [3.05, 3.63) is 97.4 Å². The molecule has 0 saturated carbocycles. The van der Waals surface area contributed by atoms with Crippen molar-refractivity contribution < 1.29 is 23.4 Å². The Labute approximate surface area is 206 Å². The van der Waals surface area contributed by atoms with E-state index < -0.39 is 22.8 Å². The van der Waals surface area contributed by atoms with Crippen LogP contribution in [0.4, 0.5) is 8.78 Å². The molecule has 1 aromatic heterocycles. The Morgan fingerprint density at radius 3 is 2.51 bits per heavy atom. The highest BCUT2D eigenvalue weighted by Gasteiger charge is 2.33. The number of hydrogen-bond acceptors (Lipinski definition) is 4. The first kappa shape index (κ1) is 24.9. The van der Waals surface area contributed by atoms with Gasteiger partial charge >= 0.3 is 0 Å². The first-order chi connectivity index (χ1) is 16.4. The maximum absolute atomic E-state index is 13.9. The standard InChI is InChI=1S/C26H25ClF2N2O4/c1-15-8-22(35-14-18-6-7-20(28)10-21(18)29)23(27)24(32)31(15)11-16-4-5-17-12-30(13-19(17)9-16)25(33)26(2,3)34/h4-10,34H,11-14H2,1-3H3. The average Bonchev–Trinajstić information content (AvgIpc) is 3.21. The number of carbonyl (C=O) groups excluding carboxylic acids is 1. The Hall–Kier alpha value is -3.23. The first-order valence-corrected chi connectivity index (χ1v) is 11.4. The minimum absolute atomic E-state index is 0.115. The van der Waals surface area contributed by atoms with E-state index in [0.29, 0.717) is 18.8 Å². The Kier molecular flexibility index (Phi) is 6.71. The van der Waals surface area contributed by atoms with Crippen LogP contribution in [0.3, 0.4) is 0 Å². The maximum atomic E-state index is 13.9. The zero-order valence-electron chi connectivity index (χ0n) is 19.6. The molecule has 0 saturated heterocycles. The summed E-state index contributed by atoms with van der Waals surface area (Å²) in [4.78, 5) is 27.0. The van der Waals surface area contributed by atoms with Crippen LogP contribution in [0.1, 0.15) is 41.8 Å². The molecule has 3 aromatic rings. The number of benzene rings is 2. The highest BCUT2D eigenvalue weighted by molar-refractivity contribution is 6.31. The molecule has 2 heterocycles. The lowest BCUT2D eigenvalue weighted by molar-refractivity contribution is -0.148. The first-order valence-electron chi connectivity index (χ1n) is 11.0. The summed E-state index contributed by atoms with van der Waals surface area (Å²) in [5, 5.41) is 9.89. The molecule has 184 valence electrons. The fourth-order valence-corrected chi connectivity index (χ4v) is 4.28. The third-order valence-corrected chi connectivity index (χ3v) is 6.31. The zero-order valence-corrected chi connectivity index (χ0v) is 20.3. The van der Waals surface area contributed by atoms with E-state index in [1.165, 1.54) is 24.5 Å². The van der Waals surface area contributed by atoms with Gasteiger partial charge in [-0.3, -0.25) is 9.59 Å². The van der Waals surface area contributed by atoms with E-state index in [1.807, 2.05) is 18.2 Å². The zero-order chi connectivity index (χ0) is 25.5. The number of ether oxygens (including phenoxy) is 1. The van der Waals surface area contributed by atoms with Gasteiger partial charge in [0, 0.05) is 36.5 Å². The van der Waals surface area contributed by atoms with E-state index in [4.69, 9.17) is 16.3 Å². The average molecular weight is 503 g/mol. The van der Waals surface area contributed by atoms with Crippen molar-refractivity contribution in [1.29, 1.82) is 0 Å². The largest absolute Gasteiger partial charge is 0.487 e. The Bertz CT molecular complexity index is 1360. The van der Waals surface area contributed by atoms with Gasteiger partial charge in [-0.15, -0.1) is 0 Å². The highest BCUT2D eigenvalue weighted by atomic mass is 35.5. The quantitative estimate of drug-likeness (QED) is 0.544. The molecule has 4 rings (SSSR count). The molecule has 0 aliphatic carbocycles. The van der Waals surface area contributed by atoms with E-state index in [1.54, 1.807) is 17.9 Å². The minimum atomic E-state index is -1.45. The summed E-state index contributed by atoms with van der Waals surface area (Å²) in [6.45, 7) is 5.51. The molecule has 9 heteroatoms. The Morgan fingerprint density at radius 1 is 1.11 bits per heavy atom. The van der Waals surface area contributed by atoms with Crippen LogP contribution in [0.25, 0.3) is 0 Å². The van der Waals surface area contributed by atoms with Crippen LogP contribution in [-0.4, -0.2) is 26.1 Å². The van der Waals surface area contributed by atoms with Crippen LogP contribution < -0.4 is 10.3 Å². The molecule has 0 atom stereocenters. The van der Waals surface area contributed by atoms with Crippen molar-refractivity contribution >= 4 is 17.5 Å². The number of nitrogens with zero attached hydrogens (tertiary/aromatic N) is 2. The van der Waals surface area contributed by atoms with E-state index in [0.717, 1.165) is 28.8 Å². The summed E-state index contributed by atoms with van der Waals surface area (Å²) in [7, 11) is 0. The van der Waals surface area contributed by atoms with Crippen molar-refractivity contribution in [2.24, 2.45) is 0 Å². The summed E-state index contributed by atoms with van der Waals surface area (Å²) in [5.74, 6) is -1.66. The molecule has 1 N–H and O–H groups in total. The van der Waals surface area contributed by atoms with Gasteiger partial charge in [0.05, 0.1) is 6.54 Å². The van der Waals surface area contributed by atoms with Crippen LogP contribution in [0.2, 0.25) is 5.02 Å². The maximum Gasteiger partial charge on any atom is 0.273 e. The van der Waals surface area contributed by atoms with Gasteiger partial charge in [-0.25, -0.2) is 8.78 Å². The summed E-state index contributed by atoms with van der Waals surface area (Å²) >= 11 is 6.28. The monoisotopic (exact) mass is 502 g/mol. The van der Waals surface area contributed by atoms with Gasteiger partial charge in [0.2, 0.25) is 0 Å². The van der Waals surface area contributed by atoms with Gasteiger partial charge in [0.1, 0.15) is 34.6 Å². The SMILES string of the molecule is Cc1cc(OCc2ccc(F)cc2F)c(Cl)c(=O)n1Cc1ccc2c(c1)CN(C(=O)C(C)(C)O)C2. The van der Waals surface area contributed by atoms with Gasteiger partial charge in [-0.05, 0) is 49.6 Å². The van der Waals surface area contributed by atoms with Gasteiger partial charge < -0.3 is 19.3 Å². The lowest BCUT2D eigenvalue weighted by Crippen LogP contribution is -2.42. The molecule has 0 spiro atoms. The Balaban J connectivity index is 1.52. The number of fused-ring (bicyclic) bond motifs is 1. The molecule has 0 unspecified atom stereocenters. The van der Waals surface area contributed by atoms with E-state index in [-0.39, 0.29) is 35.4 Å². The minimum Gasteiger partial charge on any atom is -0.487 e. The third kappa shape index (κ3) is 5.23. The van der Waals surface area contributed by atoms with Crippen molar-refractivity contribution in [2.45, 2.75) is 52.6 Å². The number of aryl methyl sites for hydroxylation is 1. The second-order valence-electron chi connectivity index (χ2n) is 9.20. The predicted molar refractivity (Wildman–Crippen MR) is 127 cm³/mol. The topological polar surface area (TPSA) is 71.8 Å². The van der Waals surface area contributed by atoms with Crippen molar-refractivity contribution in [1.82, 2.24) is 9.47 Å². The number of aliphatic hydroxyl groups is 1. The molecular weight excluding hydrogens is 478 g/mol. The number of halogens is 3. The number of hydrogen-bond donors (Lipinski definition) is 1. The molecule has 1 aliphatic heterocycles. The fraction of sp³-hybridized carbons (Fsp3) is 0.308. The van der Waals surface area contributed by atoms with Crippen LogP contribution in [0.15, 0.2) is 47.3 Å². The van der Waals surface area contributed by atoms with E-state index >= 15 is 0 Å². The van der Waals surface area contributed by atoms with Crippen LogP contribution in [0.5, 0.6) is 5.75 Å². The summed E-state index contributed by atoms with van der Waals surface area (Å²) in [6.07, 6.45) is 0.